The summed E-state index contributed by atoms with van der Waals surface area (Å²) in [6, 6.07) is 16.1. The SMILES string of the molecule is CCC(C)C(NC(=O)CN1CCCC1)C(=O)NC(Cc1ccccc1)C(O)CN(CC(C)C)S(=O)(=O)c1ccccc1. The van der Waals surface area contributed by atoms with Crippen LogP contribution in [0, 0.1) is 11.8 Å². The summed E-state index contributed by atoms with van der Waals surface area (Å²) in [6.07, 6.45) is 1.89. The highest BCUT2D eigenvalue weighted by Crippen LogP contribution is 2.19. The second kappa shape index (κ2) is 16.2. The number of benzene rings is 2. The van der Waals surface area contributed by atoms with E-state index in [2.05, 4.69) is 15.5 Å². The van der Waals surface area contributed by atoms with Gasteiger partial charge in [-0.25, -0.2) is 8.42 Å². The van der Waals surface area contributed by atoms with Gasteiger partial charge < -0.3 is 15.7 Å². The zero-order valence-electron chi connectivity index (χ0n) is 25.4. The zero-order valence-corrected chi connectivity index (χ0v) is 26.2. The zero-order chi connectivity index (χ0) is 30.7. The first-order valence-electron chi connectivity index (χ1n) is 15.1. The van der Waals surface area contributed by atoms with E-state index in [-0.39, 0.29) is 48.2 Å². The Labute approximate surface area is 251 Å². The van der Waals surface area contributed by atoms with E-state index in [1.807, 2.05) is 58.0 Å². The number of hydrogen-bond donors (Lipinski definition) is 3. The Morgan fingerprint density at radius 2 is 1.52 bits per heavy atom. The number of sulfonamides is 1. The molecule has 2 amide bonds. The number of hydrogen-bond acceptors (Lipinski definition) is 6. The molecule has 10 heteroatoms. The molecule has 9 nitrogen and oxygen atoms in total. The maximum Gasteiger partial charge on any atom is 0.243 e. The lowest BCUT2D eigenvalue weighted by Gasteiger charge is -2.32. The summed E-state index contributed by atoms with van der Waals surface area (Å²) < 4.78 is 28.5. The third kappa shape index (κ3) is 9.90. The molecule has 1 saturated heterocycles. The molecule has 4 atom stereocenters. The van der Waals surface area contributed by atoms with Gasteiger partial charge in [0.1, 0.15) is 6.04 Å². The standard InChI is InChI=1S/C32H48N4O5S/c1-5-25(4)31(34-30(38)23-35-18-12-13-19-35)32(39)33-28(20-26-14-8-6-9-15-26)29(37)22-36(21-24(2)3)42(40,41)27-16-10-7-11-17-27/h6-11,14-17,24-25,28-29,31,37H,5,12-13,18-23H2,1-4H3,(H,33,39)(H,34,38). The number of carbonyl (C=O) groups excluding carboxylic acids is 2. The Kier molecular flexibility index (Phi) is 13.0. The second-order valence-corrected chi connectivity index (χ2v) is 13.8. The van der Waals surface area contributed by atoms with E-state index in [1.165, 1.54) is 4.31 Å². The molecular formula is C32H48N4O5S. The molecule has 0 bridgehead atoms. The molecule has 2 aromatic rings. The molecule has 3 N–H and O–H groups in total. The highest BCUT2D eigenvalue weighted by Gasteiger charge is 2.34. The van der Waals surface area contributed by atoms with Gasteiger partial charge in [-0.05, 0) is 61.9 Å². The topological polar surface area (TPSA) is 119 Å². The van der Waals surface area contributed by atoms with Crippen molar-refractivity contribution in [2.45, 2.75) is 76.5 Å². The van der Waals surface area contributed by atoms with Crippen molar-refractivity contribution in [1.29, 1.82) is 0 Å². The van der Waals surface area contributed by atoms with Crippen LogP contribution in [0.3, 0.4) is 0 Å². The first-order chi connectivity index (χ1) is 20.0. The van der Waals surface area contributed by atoms with Gasteiger partial charge in [-0.2, -0.15) is 4.31 Å². The Bertz CT molecular complexity index is 1220. The van der Waals surface area contributed by atoms with Crippen LogP contribution in [0.4, 0.5) is 0 Å². The van der Waals surface area contributed by atoms with E-state index in [0.29, 0.717) is 12.8 Å². The summed E-state index contributed by atoms with van der Waals surface area (Å²) in [4.78, 5) is 28.8. The molecule has 0 radical (unpaired) electrons. The van der Waals surface area contributed by atoms with Crippen molar-refractivity contribution in [2.24, 2.45) is 11.8 Å². The smallest absolute Gasteiger partial charge is 0.243 e. The summed E-state index contributed by atoms with van der Waals surface area (Å²) in [5.74, 6) is -0.716. The monoisotopic (exact) mass is 600 g/mol. The minimum Gasteiger partial charge on any atom is -0.390 e. The number of likely N-dealkylation sites (tertiary alicyclic amines) is 1. The second-order valence-electron chi connectivity index (χ2n) is 11.8. The summed E-state index contributed by atoms with van der Waals surface area (Å²) in [5, 5.41) is 17.5. The van der Waals surface area contributed by atoms with Gasteiger partial charge in [0.05, 0.1) is 23.6 Å². The van der Waals surface area contributed by atoms with Crippen LogP contribution in [0.5, 0.6) is 0 Å². The maximum absolute atomic E-state index is 13.7. The van der Waals surface area contributed by atoms with Crippen LogP contribution < -0.4 is 10.6 Å². The minimum atomic E-state index is -3.89. The Hall–Kier alpha value is -2.79. The third-order valence-corrected chi connectivity index (χ3v) is 9.65. The van der Waals surface area contributed by atoms with E-state index in [9.17, 15) is 23.1 Å². The lowest BCUT2D eigenvalue weighted by molar-refractivity contribution is -0.131. The number of carbonyl (C=O) groups is 2. The number of nitrogens with one attached hydrogen (secondary N) is 2. The minimum absolute atomic E-state index is 0.0125. The van der Waals surface area contributed by atoms with E-state index in [1.54, 1.807) is 30.3 Å². The van der Waals surface area contributed by atoms with Crippen LogP contribution in [-0.2, 0) is 26.0 Å². The molecule has 0 aliphatic carbocycles. The number of aliphatic hydroxyl groups excluding tert-OH is 1. The fraction of sp³-hybridized carbons (Fsp3) is 0.562. The van der Waals surface area contributed by atoms with Crippen molar-refractivity contribution in [3.8, 4) is 0 Å². The number of rotatable bonds is 16. The highest BCUT2D eigenvalue weighted by atomic mass is 32.2. The quantitative estimate of drug-likeness (QED) is 0.273. The van der Waals surface area contributed by atoms with Crippen LogP contribution in [-0.4, -0.2) is 85.5 Å². The fourth-order valence-corrected chi connectivity index (χ4v) is 6.89. The van der Waals surface area contributed by atoms with Crippen molar-refractivity contribution >= 4 is 21.8 Å². The van der Waals surface area contributed by atoms with Gasteiger partial charge in [-0.3, -0.25) is 14.5 Å². The van der Waals surface area contributed by atoms with Crippen LogP contribution >= 0.6 is 0 Å². The van der Waals surface area contributed by atoms with E-state index >= 15 is 0 Å². The van der Waals surface area contributed by atoms with Gasteiger partial charge in [0.15, 0.2) is 0 Å². The predicted octanol–water partition coefficient (Wildman–Crippen LogP) is 3.05. The van der Waals surface area contributed by atoms with Gasteiger partial charge in [0.2, 0.25) is 21.8 Å². The van der Waals surface area contributed by atoms with Crippen molar-refractivity contribution in [1.82, 2.24) is 19.8 Å². The summed E-state index contributed by atoms with van der Waals surface area (Å²) in [5.41, 5.74) is 0.890. The number of amides is 2. The maximum atomic E-state index is 13.7. The molecule has 0 saturated carbocycles. The van der Waals surface area contributed by atoms with Gasteiger partial charge in [-0.15, -0.1) is 0 Å². The van der Waals surface area contributed by atoms with E-state index < -0.39 is 28.2 Å². The van der Waals surface area contributed by atoms with Crippen molar-refractivity contribution < 1.29 is 23.1 Å². The van der Waals surface area contributed by atoms with Crippen LogP contribution in [0.2, 0.25) is 0 Å². The van der Waals surface area contributed by atoms with Crippen molar-refractivity contribution in [2.75, 3.05) is 32.7 Å². The van der Waals surface area contributed by atoms with Gasteiger partial charge in [0, 0.05) is 13.1 Å². The van der Waals surface area contributed by atoms with Gasteiger partial charge in [-0.1, -0.05) is 82.6 Å². The lowest BCUT2D eigenvalue weighted by Crippen LogP contribution is -2.57. The molecular weight excluding hydrogens is 552 g/mol. The Morgan fingerprint density at radius 3 is 2.10 bits per heavy atom. The molecule has 0 aromatic heterocycles. The van der Waals surface area contributed by atoms with E-state index in [4.69, 9.17) is 0 Å². The highest BCUT2D eigenvalue weighted by molar-refractivity contribution is 7.89. The van der Waals surface area contributed by atoms with Crippen molar-refractivity contribution in [3.63, 3.8) is 0 Å². The summed E-state index contributed by atoms with van der Waals surface area (Å²) in [7, 11) is -3.89. The molecule has 0 spiro atoms. The molecule has 1 aliphatic heterocycles. The third-order valence-electron chi connectivity index (χ3n) is 7.81. The molecule has 1 heterocycles. The molecule has 232 valence electrons. The summed E-state index contributed by atoms with van der Waals surface area (Å²) in [6.45, 7) is 9.74. The van der Waals surface area contributed by atoms with Gasteiger partial charge in [0.25, 0.3) is 0 Å². The average molecular weight is 601 g/mol. The van der Waals surface area contributed by atoms with Crippen LogP contribution in [0.15, 0.2) is 65.6 Å². The lowest BCUT2D eigenvalue weighted by atomic mass is 9.96. The normalized spacial score (nSPS) is 17.1. The first kappa shape index (κ1) is 33.7. The molecule has 2 aromatic carbocycles. The summed E-state index contributed by atoms with van der Waals surface area (Å²) >= 11 is 0. The Balaban J connectivity index is 1.83. The molecule has 4 unspecified atom stereocenters. The largest absolute Gasteiger partial charge is 0.390 e. The number of aliphatic hydroxyl groups is 1. The van der Waals surface area contributed by atoms with Crippen LogP contribution in [0.25, 0.3) is 0 Å². The fourth-order valence-electron chi connectivity index (χ4n) is 5.24. The Morgan fingerprint density at radius 1 is 0.929 bits per heavy atom. The molecule has 1 aliphatic rings. The average Bonchev–Trinajstić information content (AvgIpc) is 3.48. The molecule has 42 heavy (non-hydrogen) atoms. The number of nitrogens with zero attached hydrogens (tertiary/aromatic N) is 2. The van der Waals surface area contributed by atoms with Gasteiger partial charge >= 0.3 is 0 Å². The first-order valence-corrected chi connectivity index (χ1v) is 16.5. The predicted molar refractivity (Wildman–Crippen MR) is 165 cm³/mol. The molecule has 3 rings (SSSR count). The molecule has 1 fully saturated rings. The van der Waals surface area contributed by atoms with Crippen LogP contribution in [0.1, 0.15) is 52.5 Å². The van der Waals surface area contributed by atoms with Crippen molar-refractivity contribution in [3.05, 3.63) is 66.2 Å². The van der Waals surface area contributed by atoms with E-state index in [0.717, 1.165) is 31.5 Å².